The van der Waals surface area contributed by atoms with E-state index >= 15 is 0 Å². The molecule has 0 aliphatic heterocycles. The van der Waals surface area contributed by atoms with Gasteiger partial charge in [-0.1, -0.05) is 6.07 Å². The van der Waals surface area contributed by atoms with E-state index in [9.17, 15) is 4.39 Å². The molecule has 1 fully saturated rings. The van der Waals surface area contributed by atoms with Gasteiger partial charge >= 0.3 is 0 Å². The Kier molecular flexibility index (Phi) is 1.85. The smallest absolute Gasteiger partial charge is 0.123 e. The van der Waals surface area contributed by atoms with Crippen molar-refractivity contribution in [1.82, 2.24) is 0 Å². The summed E-state index contributed by atoms with van der Waals surface area (Å²) >= 11 is 0. The molecule has 0 radical (unpaired) electrons. The lowest BCUT2D eigenvalue weighted by atomic mass is 10.0. The van der Waals surface area contributed by atoms with E-state index in [0.29, 0.717) is 5.92 Å². The number of hydrogen-bond donors (Lipinski definition) is 1. The van der Waals surface area contributed by atoms with Crippen molar-refractivity contribution in [3.05, 3.63) is 35.1 Å². The van der Waals surface area contributed by atoms with Crippen LogP contribution in [-0.2, 0) is 6.61 Å². The lowest BCUT2D eigenvalue weighted by molar-refractivity contribution is 0.280. The molecule has 64 valence electrons. The van der Waals surface area contributed by atoms with Gasteiger partial charge in [-0.05, 0) is 42.0 Å². The Morgan fingerprint density at radius 3 is 2.75 bits per heavy atom. The molecule has 1 aliphatic rings. The number of halogens is 1. The third-order valence-corrected chi connectivity index (χ3v) is 2.30. The normalized spacial score (nSPS) is 16.5. The summed E-state index contributed by atoms with van der Waals surface area (Å²) in [7, 11) is 0. The molecule has 1 aromatic rings. The Hall–Kier alpha value is -0.890. The van der Waals surface area contributed by atoms with E-state index in [4.69, 9.17) is 5.11 Å². The van der Waals surface area contributed by atoms with Crippen LogP contribution in [0, 0.1) is 5.82 Å². The van der Waals surface area contributed by atoms with Gasteiger partial charge in [0, 0.05) is 0 Å². The van der Waals surface area contributed by atoms with Crippen molar-refractivity contribution in [1.29, 1.82) is 0 Å². The summed E-state index contributed by atoms with van der Waals surface area (Å²) in [4.78, 5) is 0. The first kappa shape index (κ1) is 7.74. The molecular weight excluding hydrogens is 155 g/mol. The zero-order chi connectivity index (χ0) is 8.55. The van der Waals surface area contributed by atoms with Crippen molar-refractivity contribution >= 4 is 0 Å². The first-order valence-corrected chi connectivity index (χ1v) is 4.20. The highest BCUT2D eigenvalue weighted by Crippen LogP contribution is 2.41. The van der Waals surface area contributed by atoms with Crippen molar-refractivity contribution in [2.45, 2.75) is 25.4 Å². The maximum absolute atomic E-state index is 12.8. The number of benzene rings is 1. The molecule has 0 heterocycles. The zero-order valence-corrected chi connectivity index (χ0v) is 6.76. The van der Waals surface area contributed by atoms with Gasteiger partial charge in [-0.25, -0.2) is 4.39 Å². The third kappa shape index (κ3) is 1.34. The molecule has 0 atom stereocenters. The molecule has 0 aromatic heterocycles. The highest BCUT2D eigenvalue weighted by Gasteiger charge is 2.25. The Morgan fingerprint density at radius 2 is 2.17 bits per heavy atom. The topological polar surface area (TPSA) is 20.2 Å². The summed E-state index contributed by atoms with van der Waals surface area (Å²) in [5.41, 5.74) is 1.87. The van der Waals surface area contributed by atoms with Crippen LogP contribution in [0.1, 0.15) is 29.9 Å². The summed E-state index contributed by atoms with van der Waals surface area (Å²) in [6.45, 7) is 0.0200. The second-order valence-electron chi connectivity index (χ2n) is 3.28. The SMILES string of the molecule is OCc1ccc(F)cc1C1CC1. The molecule has 1 N–H and O–H groups in total. The lowest BCUT2D eigenvalue weighted by Gasteiger charge is -2.04. The summed E-state index contributed by atoms with van der Waals surface area (Å²) in [6, 6.07) is 4.61. The van der Waals surface area contributed by atoms with Crippen LogP contribution in [0.4, 0.5) is 4.39 Å². The Bertz CT molecular complexity index is 292. The average molecular weight is 166 g/mol. The van der Waals surface area contributed by atoms with Gasteiger partial charge in [0.25, 0.3) is 0 Å². The van der Waals surface area contributed by atoms with Crippen LogP contribution in [0.2, 0.25) is 0 Å². The van der Waals surface area contributed by atoms with Crippen LogP contribution in [0.3, 0.4) is 0 Å². The van der Waals surface area contributed by atoms with E-state index in [1.54, 1.807) is 12.1 Å². The van der Waals surface area contributed by atoms with Crippen molar-refractivity contribution in [3.63, 3.8) is 0 Å². The zero-order valence-electron chi connectivity index (χ0n) is 6.76. The monoisotopic (exact) mass is 166 g/mol. The predicted molar refractivity (Wildman–Crippen MR) is 44.3 cm³/mol. The van der Waals surface area contributed by atoms with Crippen molar-refractivity contribution in [2.75, 3.05) is 0 Å². The molecule has 2 rings (SSSR count). The molecule has 1 aliphatic carbocycles. The largest absolute Gasteiger partial charge is 0.392 e. The number of hydrogen-bond acceptors (Lipinski definition) is 1. The molecule has 0 bridgehead atoms. The fraction of sp³-hybridized carbons (Fsp3) is 0.400. The molecule has 1 saturated carbocycles. The van der Waals surface area contributed by atoms with Gasteiger partial charge in [0.2, 0.25) is 0 Å². The lowest BCUT2D eigenvalue weighted by Crippen LogP contribution is -1.92. The Morgan fingerprint density at radius 1 is 1.42 bits per heavy atom. The second kappa shape index (κ2) is 2.87. The summed E-state index contributed by atoms with van der Waals surface area (Å²) in [6.07, 6.45) is 2.27. The molecule has 12 heavy (non-hydrogen) atoms. The van der Waals surface area contributed by atoms with Gasteiger partial charge in [0.15, 0.2) is 0 Å². The maximum Gasteiger partial charge on any atom is 0.123 e. The minimum atomic E-state index is -0.200. The minimum absolute atomic E-state index is 0.0200. The average Bonchev–Trinajstić information content (AvgIpc) is 2.87. The molecule has 0 amide bonds. The third-order valence-electron chi connectivity index (χ3n) is 2.30. The molecule has 1 nitrogen and oxygen atoms in total. The fourth-order valence-corrected chi connectivity index (χ4v) is 1.48. The van der Waals surface area contributed by atoms with Crippen LogP contribution < -0.4 is 0 Å². The standard InChI is InChI=1S/C10H11FO/c11-9-4-3-8(6-12)10(5-9)7-1-2-7/h3-5,7,12H,1-2,6H2. The molecular formula is C10H11FO. The van der Waals surface area contributed by atoms with Gasteiger partial charge in [-0.2, -0.15) is 0 Å². The van der Waals surface area contributed by atoms with Gasteiger partial charge in [0.05, 0.1) is 6.61 Å². The molecule has 0 spiro atoms. The van der Waals surface area contributed by atoms with E-state index in [1.807, 2.05) is 0 Å². The second-order valence-corrected chi connectivity index (χ2v) is 3.28. The summed E-state index contributed by atoms with van der Waals surface area (Å²) in [5, 5.41) is 8.96. The Labute approximate surface area is 70.8 Å². The van der Waals surface area contributed by atoms with E-state index in [2.05, 4.69) is 0 Å². The molecule has 0 saturated heterocycles. The summed E-state index contributed by atoms with van der Waals surface area (Å²) in [5.74, 6) is 0.303. The Balaban J connectivity index is 2.39. The van der Waals surface area contributed by atoms with Crippen molar-refractivity contribution < 1.29 is 9.50 Å². The quantitative estimate of drug-likeness (QED) is 0.714. The molecule has 2 heteroatoms. The predicted octanol–water partition coefficient (Wildman–Crippen LogP) is 2.20. The fourth-order valence-electron chi connectivity index (χ4n) is 1.48. The van der Waals surface area contributed by atoms with Crippen LogP contribution in [0.5, 0.6) is 0 Å². The van der Waals surface area contributed by atoms with Crippen LogP contribution in [0.15, 0.2) is 18.2 Å². The highest BCUT2D eigenvalue weighted by atomic mass is 19.1. The van der Waals surface area contributed by atoms with Crippen molar-refractivity contribution in [3.8, 4) is 0 Å². The first-order valence-electron chi connectivity index (χ1n) is 4.20. The van der Waals surface area contributed by atoms with Gasteiger partial charge in [-0.15, -0.1) is 0 Å². The van der Waals surface area contributed by atoms with E-state index in [1.165, 1.54) is 6.07 Å². The van der Waals surface area contributed by atoms with Crippen molar-refractivity contribution in [2.24, 2.45) is 0 Å². The number of rotatable bonds is 2. The van der Waals surface area contributed by atoms with Gasteiger partial charge < -0.3 is 5.11 Å². The van der Waals surface area contributed by atoms with Gasteiger partial charge in [0.1, 0.15) is 5.82 Å². The molecule has 1 aromatic carbocycles. The van der Waals surface area contributed by atoms with Crippen LogP contribution >= 0.6 is 0 Å². The molecule has 0 unspecified atom stereocenters. The van der Waals surface area contributed by atoms with Crippen LogP contribution in [0.25, 0.3) is 0 Å². The maximum atomic E-state index is 12.8. The number of aliphatic hydroxyl groups excluding tert-OH is 1. The van der Waals surface area contributed by atoms with E-state index < -0.39 is 0 Å². The van der Waals surface area contributed by atoms with Gasteiger partial charge in [-0.3, -0.25) is 0 Å². The minimum Gasteiger partial charge on any atom is -0.392 e. The number of aliphatic hydroxyl groups is 1. The van der Waals surface area contributed by atoms with E-state index in [0.717, 1.165) is 24.0 Å². The van der Waals surface area contributed by atoms with E-state index in [-0.39, 0.29) is 12.4 Å². The first-order chi connectivity index (χ1) is 5.81. The summed E-state index contributed by atoms with van der Waals surface area (Å²) < 4.78 is 12.8. The highest BCUT2D eigenvalue weighted by molar-refractivity contribution is 5.33. The van der Waals surface area contributed by atoms with Crippen LogP contribution in [-0.4, -0.2) is 5.11 Å².